The molecule has 0 atom stereocenters. The molecule has 0 saturated heterocycles. The molecule has 0 aromatic heterocycles. The molecule has 0 saturated carbocycles. The van der Waals surface area contributed by atoms with Gasteiger partial charge in [0.15, 0.2) is 0 Å². The summed E-state index contributed by atoms with van der Waals surface area (Å²) in [6.07, 6.45) is 3.26. The van der Waals surface area contributed by atoms with Crippen molar-refractivity contribution in [2.45, 2.75) is 40.0 Å². The molecule has 4 heteroatoms. The van der Waals surface area contributed by atoms with Gasteiger partial charge in [-0.25, -0.2) is 0 Å². The predicted octanol–water partition coefficient (Wildman–Crippen LogP) is 4.42. The van der Waals surface area contributed by atoms with E-state index in [9.17, 15) is 0 Å². The summed E-state index contributed by atoms with van der Waals surface area (Å²) in [5.74, 6) is 1.77. The van der Waals surface area contributed by atoms with Crippen molar-refractivity contribution in [1.29, 1.82) is 0 Å². The number of methoxy groups -OCH3 is 2. The largest absolute Gasteiger partial charge is 0.496 e. The molecule has 0 amide bonds. The Bertz CT molecular complexity index is 447. The second kappa shape index (κ2) is 8.64. The highest BCUT2D eigenvalue weighted by molar-refractivity contribution is 9.10. The van der Waals surface area contributed by atoms with Crippen molar-refractivity contribution >= 4 is 15.9 Å². The van der Waals surface area contributed by atoms with Gasteiger partial charge in [0, 0.05) is 6.54 Å². The number of halogens is 1. The number of rotatable bonds is 9. The standard InChI is InChI=1S/C17H28BrNO2/c1-6-9-19-12-17(2,3)8-7-13-10-16(21-5)14(18)11-15(13)20-4/h10-11,19H,6-9,12H2,1-5H3. The van der Waals surface area contributed by atoms with Crippen LogP contribution in [-0.4, -0.2) is 27.3 Å². The zero-order valence-electron chi connectivity index (χ0n) is 13.9. The summed E-state index contributed by atoms with van der Waals surface area (Å²) >= 11 is 3.50. The Morgan fingerprint density at radius 3 is 2.38 bits per heavy atom. The van der Waals surface area contributed by atoms with E-state index in [1.54, 1.807) is 14.2 Å². The summed E-state index contributed by atoms with van der Waals surface area (Å²) in [4.78, 5) is 0. The highest BCUT2D eigenvalue weighted by Gasteiger charge is 2.19. The molecular weight excluding hydrogens is 330 g/mol. The van der Waals surface area contributed by atoms with Crippen LogP contribution in [0.1, 0.15) is 39.2 Å². The second-order valence-corrected chi connectivity index (χ2v) is 6.99. The zero-order chi connectivity index (χ0) is 15.9. The van der Waals surface area contributed by atoms with Gasteiger partial charge >= 0.3 is 0 Å². The molecule has 1 aromatic carbocycles. The van der Waals surface area contributed by atoms with Crippen LogP contribution >= 0.6 is 15.9 Å². The average molecular weight is 358 g/mol. The maximum atomic E-state index is 5.49. The van der Waals surface area contributed by atoms with Gasteiger partial charge in [-0.3, -0.25) is 0 Å². The topological polar surface area (TPSA) is 30.5 Å². The fourth-order valence-electron chi connectivity index (χ4n) is 2.28. The normalized spacial score (nSPS) is 11.5. The third kappa shape index (κ3) is 5.87. The molecular formula is C17H28BrNO2. The first-order valence-corrected chi connectivity index (χ1v) is 8.34. The van der Waals surface area contributed by atoms with Gasteiger partial charge in [-0.15, -0.1) is 0 Å². The fourth-order valence-corrected chi connectivity index (χ4v) is 2.77. The third-order valence-electron chi connectivity index (χ3n) is 3.66. The lowest BCUT2D eigenvalue weighted by Gasteiger charge is -2.25. The maximum Gasteiger partial charge on any atom is 0.133 e. The molecule has 1 rings (SSSR count). The minimum atomic E-state index is 0.264. The Kier molecular flexibility index (Phi) is 7.53. The number of hydrogen-bond acceptors (Lipinski definition) is 3. The SMILES string of the molecule is CCCNCC(C)(C)CCc1cc(OC)c(Br)cc1OC. The number of ether oxygens (including phenoxy) is 2. The molecule has 0 bridgehead atoms. The first-order valence-electron chi connectivity index (χ1n) is 7.54. The molecule has 0 fully saturated rings. The van der Waals surface area contributed by atoms with Gasteiger partial charge in [0.25, 0.3) is 0 Å². The number of aryl methyl sites for hydroxylation is 1. The van der Waals surface area contributed by atoms with Crippen LogP contribution in [0.25, 0.3) is 0 Å². The lowest BCUT2D eigenvalue weighted by Crippen LogP contribution is -2.30. The van der Waals surface area contributed by atoms with Crippen LogP contribution in [0.3, 0.4) is 0 Å². The van der Waals surface area contributed by atoms with E-state index in [0.29, 0.717) is 0 Å². The van der Waals surface area contributed by atoms with Gasteiger partial charge in [-0.05, 0) is 64.8 Å². The van der Waals surface area contributed by atoms with E-state index in [-0.39, 0.29) is 5.41 Å². The molecule has 0 aliphatic rings. The van der Waals surface area contributed by atoms with E-state index in [1.807, 2.05) is 6.07 Å². The van der Waals surface area contributed by atoms with Crippen molar-refractivity contribution in [3.63, 3.8) is 0 Å². The molecule has 1 N–H and O–H groups in total. The van der Waals surface area contributed by atoms with E-state index in [1.165, 1.54) is 12.0 Å². The monoisotopic (exact) mass is 357 g/mol. The summed E-state index contributed by atoms with van der Waals surface area (Å²) in [6.45, 7) is 8.92. The van der Waals surface area contributed by atoms with Crippen LogP contribution in [-0.2, 0) is 6.42 Å². The molecule has 1 aromatic rings. The van der Waals surface area contributed by atoms with E-state index in [2.05, 4.69) is 48.1 Å². The Hall–Kier alpha value is -0.740. The third-order valence-corrected chi connectivity index (χ3v) is 4.28. The molecule has 0 aliphatic carbocycles. The van der Waals surface area contributed by atoms with Crippen molar-refractivity contribution < 1.29 is 9.47 Å². The van der Waals surface area contributed by atoms with Crippen molar-refractivity contribution in [1.82, 2.24) is 5.32 Å². The molecule has 21 heavy (non-hydrogen) atoms. The summed E-state index contributed by atoms with van der Waals surface area (Å²) in [7, 11) is 3.40. The van der Waals surface area contributed by atoms with Gasteiger partial charge < -0.3 is 14.8 Å². The van der Waals surface area contributed by atoms with Crippen LogP contribution in [0, 0.1) is 5.41 Å². The number of benzene rings is 1. The minimum Gasteiger partial charge on any atom is -0.496 e. The lowest BCUT2D eigenvalue weighted by molar-refractivity contribution is 0.312. The zero-order valence-corrected chi connectivity index (χ0v) is 15.5. The molecule has 0 spiro atoms. The summed E-state index contributed by atoms with van der Waals surface area (Å²) in [5, 5.41) is 3.51. The van der Waals surface area contributed by atoms with Crippen molar-refractivity contribution in [3.8, 4) is 11.5 Å². The van der Waals surface area contributed by atoms with Crippen LogP contribution in [0.2, 0.25) is 0 Å². The van der Waals surface area contributed by atoms with Gasteiger partial charge in [-0.1, -0.05) is 20.8 Å². The summed E-state index contributed by atoms with van der Waals surface area (Å²) in [6, 6.07) is 4.05. The molecule has 3 nitrogen and oxygen atoms in total. The Morgan fingerprint density at radius 2 is 1.81 bits per heavy atom. The van der Waals surface area contributed by atoms with E-state index >= 15 is 0 Å². The van der Waals surface area contributed by atoms with E-state index in [4.69, 9.17) is 9.47 Å². The van der Waals surface area contributed by atoms with E-state index < -0.39 is 0 Å². The number of nitrogens with one attached hydrogen (secondary N) is 1. The van der Waals surface area contributed by atoms with Crippen LogP contribution < -0.4 is 14.8 Å². The van der Waals surface area contributed by atoms with Crippen LogP contribution in [0.5, 0.6) is 11.5 Å². The van der Waals surface area contributed by atoms with E-state index in [0.717, 1.165) is 41.9 Å². The summed E-state index contributed by atoms with van der Waals surface area (Å²) < 4.78 is 11.8. The first-order chi connectivity index (χ1) is 9.93. The van der Waals surface area contributed by atoms with Crippen molar-refractivity contribution in [2.24, 2.45) is 5.41 Å². The average Bonchev–Trinajstić information content (AvgIpc) is 2.45. The maximum absolute atomic E-state index is 5.49. The van der Waals surface area contributed by atoms with Gasteiger partial charge in [0.1, 0.15) is 11.5 Å². The molecule has 0 heterocycles. The van der Waals surface area contributed by atoms with Crippen LogP contribution in [0.15, 0.2) is 16.6 Å². The second-order valence-electron chi connectivity index (χ2n) is 6.14. The Labute approximate surface area is 137 Å². The van der Waals surface area contributed by atoms with Gasteiger partial charge in [-0.2, -0.15) is 0 Å². The van der Waals surface area contributed by atoms with Crippen molar-refractivity contribution in [3.05, 3.63) is 22.2 Å². The van der Waals surface area contributed by atoms with Gasteiger partial charge in [0.05, 0.1) is 18.7 Å². The highest BCUT2D eigenvalue weighted by Crippen LogP contribution is 2.34. The quantitative estimate of drug-likeness (QED) is 0.663. The predicted molar refractivity (Wildman–Crippen MR) is 92.5 cm³/mol. The fraction of sp³-hybridized carbons (Fsp3) is 0.647. The lowest BCUT2D eigenvalue weighted by atomic mass is 9.86. The number of hydrogen-bond donors (Lipinski definition) is 1. The molecule has 0 aliphatic heterocycles. The highest BCUT2D eigenvalue weighted by atomic mass is 79.9. The van der Waals surface area contributed by atoms with Gasteiger partial charge in [0.2, 0.25) is 0 Å². The summed E-state index contributed by atoms with van der Waals surface area (Å²) in [5.41, 5.74) is 1.46. The van der Waals surface area contributed by atoms with Crippen molar-refractivity contribution in [2.75, 3.05) is 27.3 Å². The Morgan fingerprint density at radius 1 is 1.14 bits per heavy atom. The molecule has 120 valence electrons. The molecule has 0 radical (unpaired) electrons. The molecule has 0 unspecified atom stereocenters. The minimum absolute atomic E-state index is 0.264. The first kappa shape index (κ1) is 18.3. The van der Waals surface area contributed by atoms with Crippen LogP contribution in [0.4, 0.5) is 0 Å². The Balaban J connectivity index is 2.73. The smallest absolute Gasteiger partial charge is 0.133 e.